The molecule has 17 heteroatoms. The summed E-state index contributed by atoms with van der Waals surface area (Å²) in [5.41, 5.74) is 5.55. The smallest absolute Gasteiger partial charge is 0.407 e. The summed E-state index contributed by atoms with van der Waals surface area (Å²) in [6.07, 6.45) is 4.48. The molecular formula is C44H56N10O7. The van der Waals surface area contributed by atoms with Gasteiger partial charge in [-0.05, 0) is 60.9 Å². The van der Waals surface area contributed by atoms with E-state index in [1.807, 2.05) is 69.4 Å². The molecule has 324 valence electrons. The minimum absolute atomic E-state index is 0.151. The van der Waals surface area contributed by atoms with Gasteiger partial charge in [0, 0.05) is 46.3 Å². The van der Waals surface area contributed by atoms with E-state index in [2.05, 4.69) is 30.2 Å². The van der Waals surface area contributed by atoms with Gasteiger partial charge in [-0.3, -0.25) is 19.3 Å². The first-order valence-corrected chi connectivity index (χ1v) is 21.0. The third-order valence-electron chi connectivity index (χ3n) is 12.2. The fourth-order valence-corrected chi connectivity index (χ4v) is 8.77. The summed E-state index contributed by atoms with van der Waals surface area (Å²) < 4.78 is 4.81. The molecule has 0 unspecified atom stereocenters. The van der Waals surface area contributed by atoms with E-state index in [0.29, 0.717) is 44.2 Å². The predicted molar refractivity (Wildman–Crippen MR) is 227 cm³/mol. The number of piperazine rings is 1. The second kappa shape index (κ2) is 18.6. The van der Waals surface area contributed by atoms with Gasteiger partial charge in [0.25, 0.3) is 0 Å². The molecule has 3 fully saturated rings. The zero-order valence-corrected chi connectivity index (χ0v) is 35.5. The first kappa shape index (κ1) is 42.9. The fraction of sp³-hybridized carbons (Fsp3) is 0.477. The number of benzene rings is 2. The lowest BCUT2D eigenvalue weighted by atomic mass is 10.0. The molecule has 4 N–H and O–H groups in total. The van der Waals surface area contributed by atoms with Crippen molar-refractivity contribution in [3.05, 3.63) is 72.6 Å². The number of carboxylic acid groups (broad SMARTS) is 1. The van der Waals surface area contributed by atoms with Gasteiger partial charge in [-0.25, -0.2) is 19.6 Å². The normalized spacial score (nSPS) is 19.2. The van der Waals surface area contributed by atoms with Gasteiger partial charge in [0.2, 0.25) is 17.7 Å². The number of likely N-dealkylation sites (N-methyl/N-ethyl adjacent to an activating group) is 2. The van der Waals surface area contributed by atoms with Crippen molar-refractivity contribution in [1.29, 1.82) is 0 Å². The number of H-pyrrole nitrogens is 2. The number of aromatic nitrogens is 4. The summed E-state index contributed by atoms with van der Waals surface area (Å²) >= 11 is 0. The Hall–Kier alpha value is -6.23. The molecule has 0 bridgehead atoms. The van der Waals surface area contributed by atoms with Crippen LogP contribution in [0.1, 0.15) is 69.7 Å². The Labute approximate surface area is 355 Å². The average molecular weight is 837 g/mol. The van der Waals surface area contributed by atoms with Crippen molar-refractivity contribution < 1.29 is 33.8 Å². The Morgan fingerprint density at radius 3 is 1.70 bits per heavy atom. The first-order chi connectivity index (χ1) is 29.3. The maximum absolute atomic E-state index is 14.0. The summed E-state index contributed by atoms with van der Waals surface area (Å²) in [4.78, 5) is 89.5. The molecule has 2 aromatic heterocycles. The lowest BCUT2D eigenvalue weighted by molar-refractivity contribution is -0.140. The predicted octanol–water partition coefficient (Wildman–Crippen LogP) is 4.98. The molecule has 7 rings (SSSR count). The van der Waals surface area contributed by atoms with Crippen molar-refractivity contribution in [1.82, 2.24) is 49.8 Å². The molecule has 3 saturated heterocycles. The van der Waals surface area contributed by atoms with Gasteiger partial charge < -0.3 is 44.7 Å². The fourth-order valence-electron chi connectivity index (χ4n) is 8.77. The Kier molecular flexibility index (Phi) is 13.1. The van der Waals surface area contributed by atoms with Crippen molar-refractivity contribution in [3.8, 4) is 33.6 Å². The van der Waals surface area contributed by atoms with Crippen LogP contribution >= 0.6 is 0 Å². The Balaban J connectivity index is 0.993. The van der Waals surface area contributed by atoms with Gasteiger partial charge in [0.15, 0.2) is 0 Å². The highest BCUT2D eigenvalue weighted by Gasteiger charge is 2.40. The standard InChI is InChI=1S/C44H56N10O7/c1-27(2)38(51(4)44(59)60)42(57)54-19-7-9-36(54)40-46-26-34(48-40)31-16-12-29(13-17-31)28-10-14-30(15-11-28)33-25-45-39(47-33)35-8-6-18-53(35)41(56)32(49-43(58)61-5)24-37(55)52-22-20-50(3)21-23-52/h10-17,25-27,32,35-36,38H,6-9,18-24H2,1-5H3,(H,45,47)(H,46,48)(H,49,58)(H,59,60)/t32-,35-,36-,38-/m0/s1. The molecule has 4 aromatic rings. The van der Waals surface area contributed by atoms with Crippen LogP contribution in [0.5, 0.6) is 0 Å². The third kappa shape index (κ3) is 9.41. The summed E-state index contributed by atoms with van der Waals surface area (Å²) in [7, 11) is 4.68. The summed E-state index contributed by atoms with van der Waals surface area (Å²) in [6, 6.07) is 13.8. The summed E-state index contributed by atoms with van der Waals surface area (Å²) in [5, 5.41) is 12.2. The molecule has 5 amide bonds. The summed E-state index contributed by atoms with van der Waals surface area (Å²) in [5.74, 6) is 0.413. The van der Waals surface area contributed by atoms with Crippen molar-refractivity contribution in [3.63, 3.8) is 0 Å². The molecule has 3 aliphatic rings. The first-order valence-electron chi connectivity index (χ1n) is 21.0. The van der Waals surface area contributed by atoms with E-state index in [4.69, 9.17) is 4.74 Å². The number of aromatic amines is 2. The van der Waals surface area contributed by atoms with Gasteiger partial charge >= 0.3 is 12.2 Å². The molecule has 5 heterocycles. The summed E-state index contributed by atoms with van der Waals surface area (Å²) in [6.45, 7) is 7.37. The zero-order valence-electron chi connectivity index (χ0n) is 35.5. The lowest BCUT2D eigenvalue weighted by Crippen LogP contribution is -2.53. The number of hydrogen-bond acceptors (Lipinski definition) is 9. The second-order valence-electron chi connectivity index (χ2n) is 16.6. The third-order valence-corrected chi connectivity index (χ3v) is 12.2. The quantitative estimate of drug-likeness (QED) is 0.151. The second-order valence-corrected chi connectivity index (χ2v) is 16.6. The number of rotatable bonds is 12. The maximum atomic E-state index is 14.0. The van der Waals surface area contributed by atoms with Crippen LogP contribution in [0.15, 0.2) is 60.9 Å². The molecule has 3 aliphatic heterocycles. The number of amides is 5. The van der Waals surface area contributed by atoms with Crippen molar-refractivity contribution >= 4 is 29.9 Å². The molecular weight excluding hydrogens is 781 g/mol. The van der Waals surface area contributed by atoms with Crippen LogP contribution in [0, 0.1) is 5.92 Å². The van der Waals surface area contributed by atoms with Gasteiger partial charge in [-0.1, -0.05) is 62.4 Å². The molecule has 4 atom stereocenters. The zero-order chi connectivity index (χ0) is 43.4. The van der Waals surface area contributed by atoms with Crippen LogP contribution in [0.3, 0.4) is 0 Å². The molecule has 0 spiro atoms. The molecule has 0 saturated carbocycles. The average Bonchev–Trinajstić information content (AvgIpc) is 4.10. The van der Waals surface area contributed by atoms with E-state index in [1.165, 1.54) is 14.2 Å². The number of hydrogen-bond donors (Lipinski definition) is 4. The highest BCUT2D eigenvalue weighted by atomic mass is 16.5. The number of nitrogens with one attached hydrogen (secondary N) is 3. The number of carbonyl (C=O) groups is 5. The molecule has 0 radical (unpaired) electrons. The molecule has 2 aromatic carbocycles. The minimum Gasteiger partial charge on any atom is -0.465 e. The number of ether oxygens (including phenoxy) is 1. The minimum atomic E-state index is -1.13. The number of carbonyl (C=O) groups excluding carboxylic acids is 4. The van der Waals surface area contributed by atoms with Crippen LogP contribution in [0.4, 0.5) is 9.59 Å². The van der Waals surface area contributed by atoms with Crippen LogP contribution in [-0.4, -0.2) is 152 Å². The molecule has 61 heavy (non-hydrogen) atoms. The largest absolute Gasteiger partial charge is 0.465 e. The number of imidazole rings is 2. The number of methoxy groups -OCH3 is 1. The van der Waals surface area contributed by atoms with Crippen LogP contribution in [0.25, 0.3) is 33.6 Å². The van der Waals surface area contributed by atoms with E-state index in [0.717, 1.165) is 70.9 Å². The van der Waals surface area contributed by atoms with E-state index in [9.17, 15) is 29.1 Å². The Morgan fingerprint density at radius 1 is 0.770 bits per heavy atom. The topological polar surface area (TPSA) is 200 Å². The Bertz CT molecular complexity index is 2200. The highest BCUT2D eigenvalue weighted by molar-refractivity contribution is 5.91. The van der Waals surface area contributed by atoms with Crippen molar-refractivity contribution in [2.45, 2.75) is 70.1 Å². The van der Waals surface area contributed by atoms with Crippen LogP contribution < -0.4 is 5.32 Å². The maximum Gasteiger partial charge on any atom is 0.407 e. The van der Waals surface area contributed by atoms with E-state index < -0.39 is 24.3 Å². The van der Waals surface area contributed by atoms with Crippen LogP contribution in [0.2, 0.25) is 0 Å². The van der Waals surface area contributed by atoms with Gasteiger partial charge in [0.1, 0.15) is 23.7 Å². The van der Waals surface area contributed by atoms with E-state index in [-0.39, 0.29) is 42.1 Å². The van der Waals surface area contributed by atoms with E-state index >= 15 is 0 Å². The highest BCUT2D eigenvalue weighted by Crippen LogP contribution is 2.35. The van der Waals surface area contributed by atoms with Crippen LogP contribution in [-0.2, 0) is 19.1 Å². The van der Waals surface area contributed by atoms with Gasteiger partial charge in [0.05, 0.1) is 49.4 Å². The molecule has 17 nitrogen and oxygen atoms in total. The SMILES string of the molecule is COC(=O)N[C@@H](CC(=O)N1CCN(C)CC1)C(=O)N1CCC[C@H]1c1ncc(-c2ccc(-c3ccc(-c4cnc([C@@H]5CCCN5C(=O)[C@H](C(C)C)N(C)C(=O)O)[nH]4)cc3)cc2)[nH]1. The monoisotopic (exact) mass is 836 g/mol. The number of nitrogens with zero attached hydrogens (tertiary/aromatic N) is 7. The van der Waals surface area contributed by atoms with Gasteiger partial charge in [-0.15, -0.1) is 0 Å². The lowest BCUT2D eigenvalue weighted by Gasteiger charge is -2.34. The van der Waals surface area contributed by atoms with Crippen molar-refractivity contribution in [2.24, 2.45) is 5.92 Å². The van der Waals surface area contributed by atoms with E-state index in [1.54, 1.807) is 27.1 Å². The van der Waals surface area contributed by atoms with Gasteiger partial charge in [-0.2, -0.15) is 0 Å². The number of alkyl carbamates (subject to hydrolysis) is 1. The number of likely N-dealkylation sites (tertiary alicyclic amines) is 2. The Morgan fingerprint density at radius 2 is 1.25 bits per heavy atom. The molecule has 0 aliphatic carbocycles. The van der Waals surface area contributed by atoms with Crippen molar-refractivity contribution in [2.75, 3.05) is 60.5 Å².